The number of anilines is 2. The van der Waals surface area contributed by atoms with Crippen LogP contribution in [-0.4, -0.2) is 22.2 Å². The zero-order valence-electron chi connectivity index (χ0n) is 14.3. The molecule has 6 nitrogen and oxygen atoms in total. The smallest absolute Gasteiger partial charge is 0.314 e. The molecule has 0 aliphatic heterocycles. The van der Waals surface area contributed by atoms with Gasteiger partial charge in [-0.2, -0.15) is 0 Å². The first-order chi connectivity index (χ1) is 12.3. The molecule has 0 radical (unpaired) electrons. The van der Waals surface area contributed by atoms with E-state index in [0.717, 1.165) is 5.56 Å². The lowest BCUT2D eigenvalue weighted by molar-refractivity contribution is -0.151. The van der Waals surface area contributed by atoms with Gasteiger partial charge in [-0.05, 0) is 54.7 Å². The lowest BCUT2D eigenvalue weighted by Crippen LogP contribution is -2.46. The fourth-order valence-corrected chi connectivity index (χ4v) is 4.06. The maximum Gasteiger partial charge on any atom is 0.314 e. The summed E-state index contributed by atoms with van der Waals surface area (Å²) in [5.74, 6) is -2.88. The van der Waals surface area contributed by atoms with Crippen LogP contribution in [0.5, 0.6) is 0 Å². The molecule has 2 aromatic rings. The number of nitrogens with two attached hydrogens (primary N) is 2. The van der Waals surface area contributed by atoms with Gasteiger partial charge in [-0.15, -0.1) is 0 Å². The van der Waals surface area contributed by atoms with Crippen molar-refractivity contribution in [3.63, 3.8) is 0 Å². The SMILES string of the molecule is Nc1ccc(C2CC(C(=O)O)CCC2(C(=O)O)c2ccc(N)cc2)cc1. The number of rotatable bonds is 4. The van der Waals surface area contributed by atoms with E-state index in [1.165, 1.54) is 0 Å². The molecule has 1 aliphatic rings. The van der Waals surface area contributed by atoms with E-state index < -0.39 is 29.2 Å². The average molecular weight is 354 g/mol. The summed E-state index contributed by atoms with van der Waals surface area (Å²) in [5, 5.41) is 19.7. The molecule has 3 unspecified atom stereocenters. The predicted molar refractivity (Wildman–Crippen MR) is 98.7 cm³/mol. The van der Waals surface area contributed by atoms with Gasteiger partial charge in [0, 0.05) is 17.3 Å². The van der Waals surface area contributed by atoms with Crippen LogP contribution < -0.4 is 11.5 Å². The highest BCUT2D eigenvalue weighted by atomic mass is 16.4. The van der Waals surface area contributed by atoms with Gasteiger partial charge in [0.1, 0.15) is 0 Å². The molecule has 136 valence electrons. The summed E-state index contributed by atoms with van der Waals surface area (Å²) in [6, 6.07) is 13.8. The Morgan fingerprint density at radius 2 is 1.46 bits per heavy atom. The molecule has 0 aromatic heterocycles. The van der Waals surface area contributed by atoms with Gasteiger partial charge >= 0.3 is 11.9 Å². The van der Waals surface area contributed by atoms with Crippen LogP contribution in [0.1, 0.15) is 36.3 Å². The Kier molecular flexibility index (Phi) is 4.59. The van der Waals surface area contributed by atoms with Gasteiger partial charge in [0.05, 0.1) is 11.3 Å². The summed E-state index contributed by atoms with van der Waals surface area (Å²) < 4.78 is 0. The Balaban J connectivity index is 2.15. The zero-order valence-corrected chi connectivity index (χ0v) is 14.3. The second-order valence-electron chi connectivity index (χ2n) is 6.93. The summed E-state index contributed by atoms with van der Waals surface area (Å²) in [4.78, 5) is 24.0. The van der Waals surface area contributed by atoms with Crippen molar-refractivity contribution in [2.24, 2.45) is 5.92 Å². The molecule has 3 atom stereocenters. The summed E-state index contributed by atoms with van der Waals surface area (Å²) in [6.07, 6.45) is 0.825. The van der Waals surface area contributed by atoms with Crippen LogP contribution in [0.2, 0.25) is 0 Å². The highest BCUT2D eigenvalue weighted by molar-refractivity contribution is 5.84. The molecule has 0 bridgehead atoms. The van der Waals surface area contributed by atoms with Crippen molar-refractivity contribution in [2.75, 3.05) is 11.5 Å². The number of hydrogen-bond donors (Lipinski definition) is 4. The Bertz CT molecular complexity index is 817. The maximum absolute atomic E-state index is 12.5. The molecule has 6 N–H and O–H groups in total. The molecular formula is C20H22N2O4. The minimum Gasteiger partial charge on any atom is -0.481 e. The van der Waals surface area contributed by atoms with Gasteiger partial charge in [0.15, 0.2) is 0 Å². The Morgan fingerprint density at radius 3 is 1.96 bits per heavy atom. The number of benzene rings is 2. The summed E-state index contributed by atoms with van der Waals surface area (Å²) in [5.41, 5.74) is 12.9. The zero-order chi connectivity index (χ0) is 18.9. The molecule has 26 heavy (non-hydrogen) atoms. The van der Waals surface area contributed by atoms with E-state index in [-0.39, 0.29) is 12.8 Å². The number of aliphatic carboxylic acids is 2. The molecule has 0 heterocycles. The fraction of sp³-hybridized carbons (Fsp3) is 0.300. The van der Waals surface area contributed by atoms with Gasteiger partial charge in [0.2, 0.25) is 0 Å². The van der Waals surface area contributed by atoms with Gasteiger partial charge in [-0.1, -0.05) is 24.3 Å². The highest BCUT2D eigenvalue weighted by Gasteiger charge is 2.52. The normalized spacial score (nSPS) is 25.5. The molecule has 1 fully saturated rings. The van der Waals surface area contributed by atoms with Crippen molar-refractivity contribution in [3.05, 3.63) is 59.7 Å². The molecule has 2 aromatic carbocycles. The number of carbonyl (C=O) groups is 2. The second-order valence-corrected chi connectivity index (χ2v) is 6.93. The van der Waals surface area contributed by atoms with Gasteiger partial charge < -0.3 is 21.7 Å². The first-order valence-electron chi connectivity index (χ1n) is 8.52. The van der Waals surface area contributed by atoms with Crippen molar-refractivity contribution in [2.45, 2.75) is 30.6 Å². The van der Waals surface area contributed by atoms with E-state index in [9.17, 15) is 19.8 Å². The van der Waals surface area contributed by atoms with Crippen LogP contribution in [0.4, 0.5) is 11.4 Å². The molecule has 1 aliphatic carbocycles. The molecule has 1 saturated carbocycles. The Labute approximate surface area is 151 Å². The van der Waals surface area contributed by atoms with Crippen molar-refractivity contribution in [3.8, 4) is 0 Å². The van der Waals surface area contributed by atoms with Crippen molar-refractivity contribution in [1.82, 2.24) is 0 Å². The molecule has 0 amide bonds. The Hall–Kier alpha value is -3.02. The monoisotopic (exact) mass is 354 g/mol. The first kappa shape index (κ1) is 17.8. The van der Waals surface area contributed by atoms with Crippen molar-refractivity contribution in [1.29, 1.82) is 0 Å². The number of hydrogen-bond acceptors (Lipinski definition) is 4. The van der Waals surface area contributed by atoms with Crippen molar-refractivity contribution >= 4 is 23.3 Å². The first-order valence-corrected chi connectivity index (χ1v) is 8.52. The van der Waals surface area contributed by atoms with E-state index in [1.54, 1.807) is 48.5 Å². The maximum atomic E-state index is 12.5. The minimum absolute atomic E-state index is 0.248. The van der Waals surface area contributed by atoms with E-state index in [0.29, 0.717) is 23.4 Å². The summed E-state index contributed by atoms with van der Waals surface area (Å²) in [6.45, 7) is 0. The largest absolute Gasteiger partial charge is 0.481 e. The minimum atomic E-state index is -1.20. The van der Waals surface area contributed by atoms with Crippen LogP contribution in [0, 0.1) is 5.92 Å². The van der Waals surface area contributed by atoms with Gasteiger partial charge in [0.25, 0.3) is 0 Å². The standard InChI is InChI=1S/C20H22N2O4/c21-15-5-1-12(2-6-15)17-11-13(18(23)24)9-10-20(17,19(25)26)14-3-7-16(22)8-4-14/h1-8,13,17H,9-11,21-22H2,(H,23,24)(H,25,26). The van der Waals surface area contributed by atoms with Gasteiger partial charge in [-0.3, -0.25) is 9.59 Å². The molecule has 0 saturated heterocycles. The fourth-order valence-electron chi connectivity index (χ4n) is 4.06. The summed E-state index contributed by atoms with van der Waals surface area (Å²) >= 11 is 0. The molecule has 0 spiro atoms. The van der Waals surface area contributed by atoms with E-state index in [1.807, 2.05) is 0 Å². The molecule has 3 rings (SSSR count). The van der Waals surface area contributed by atoms with Crippen LogP contribution in [-0.2, 0) is 15.0 Å². The highest BCUT2D eigenvalue weighted by Crippen LogP contribution is 2.51. The average Bonchev–Trinajstić information content (AvgIpc) is 2.62. The third kappa shape index (κ3) is 2.98. The number of nitrogen functional groups attached to an aromatic ring is 2. The van der Waals surface area contributed by atoms with Crippen molar-refractivity contribution < 1.29 is 19.8 Å². The molecular weight excluding hydrogens is 332 g/mol. The van der Waals surface area contributed by atoms with Crippen LogP contribution in [0.15, 0.2) is 48.5 Å². The lowest BCUT2D eigenvalue weighted by Gasteiger charge is -2.43. The van der Waals surface area contributed by atoms with E-state index >= 15 is 0 Å². The molecule has 6 heteroatoms. The predicted octanol–water partition coefficient (Wildman–Crippen LogP) is 2.84. The van der Waals surface area contributed by atoms with E-state index in [4.69, 9.17) is 11.5 Å². The third-order valence-corrected chi connectivity index (χ3v) is 5.50. The van der Waals surface area contributed by atoms with Crippen LogP contribution in [0.25, 0.3) is 0 Å². The van der Waals surface area contributed by atoms with Crippen LogP contribution in [0.3, 0.4) is 0 Å². The topological polar surface area (TPSA) is 127 Å². The lowest BCUT2D eigenvalue weighted by atomic mass is 9.58. The third-order valence-electron chi connectivity index (χ3n) is 5.50. The quantitative estimate of drug-likeness (QED) is 0.625. The van der Waals surface area contributed by atoms with E-state index in [2.05, 4.69) is 0 Å². The van der Waals surface area contributed by atoms with Crippen LogP contribution >= 0.6 is 0 Å². The Morgan fingerprint density at radius 1 is 0.923 bits per heavy atom. The van der Waals surface area contributed by atoms with Gasteiger partial charge in [-0.25, -0.2) is 0 Å². The second kappa shape index (κ2) is 6.71. The number of carboxylic acids is 2. The summed E-state index contributed by atoms with van der Waals surface area (Å²) in [7, 11) is 0. The number of carboxylic acid groups (broad SMARTS) is 2.